The molecular weight excluding hydrogens is 381 g/mol. The number of amides is 1. The number of fused-ring (bicyclic) bond motifs is 2. The summed E-state index contributed by atoms with van der Waals surface area (Å²) in [5.74, 6) is 0. The predicted molar refractivity (Wildman–Crippen MR) is 109 cm³/mol. The topological polar surface area (TPSA) is 29.5 Å². The molecule has 1 amide bonds. The normalized spacial score (nSPS) is 21.6. The second-order valence-electron chi connectivity index (χ2n) is 7.12. The van der Waals surface area contributed by atoms with E-state index in [-0.39, 0.29) is 18.2 Å². The van der Waals surface area contributed by atoms with Crippen molar-refractivity contribution in [2.75, 3.05) is 0 Å². The number of piperidine rings is 1. The third-order valence-corrected chi connectivity index (χ3v) is 5.88. The van der Waals surface area contributed by atoms with Crippen LogP contribution in [0.2, 0.25) is 10.0 Å². The fourth-order valence-corrected chi connectivity index (χ4v) is 4.59. The van der Waals surface area contributed by atoms with Gasteiger partial charge in [0.15, 0.2) is 0 Å². The largest absolute Gasteiger partial charge is 0.445 e. The number of rotatable bonds is 3. The summed E-state index contributed by atoms with van der Waals surface area (Å²) in [6.45, 7) is 0.301. The first-order valence-corrected chi connectivity index (χ1v) is 10.0. The second kappa shape index (κ2) is 7.95. The van der Waals surface area contributed by atoms with Crippen molar-refractivity contribution >= 4 is 34.9 Å². The Hall–Kier alpha value is -1.97. The third kappa shape index (κ3) is 3.99. The van der Waals surface area contributed by atoms with Crippen molar-refractivity contribution in [3.8, 4) is 0 Å². The summed E-state index contributed by atoms with van der Waals surface area (Å²) in [6.07, 6.45) is 5.79. The quantitative estimate of drug-likeness (QED) is 0.600. The summed E-state index contributed by atoms with van der Waals surface area (Å²) in [5.41, 5.74) is 3.20. The molecule has 140 valence electrons. The summed E-state index contributed by atoms with van der Waals surface area (Å²) in [6, 6.07) is 15.6. The summed E-state index contributed by atoms with van der Waals surface area (Å²) in [7, 11) is 0. The van der Waals surface area contributed by atoms with E-state index in [9.17, 15) is 4.79 Å². The molecule has 2 aromatic rings. The molecule has 2 heterocycles. The van der Waals surface area contributed by atoms with Crippen LogP contribution in [0.3, 0.4) is 0 Å². The standard InChI is InChI=1S/C22H21Cl2NO2/c23-17-9-10-20(21(24)13-17)16-11-18-7-4-8-19(12-16)25(18)22(26)27-14-15-5-2-1-3-6-15/h1-3,5-6,9-11,13,18-19H,4,7-8,12,14H2. The molecule has 2 bridgehead atoms. The number of hydrogen-bond acceptors (Lipinski definition) is 2. The van der Waals surface area contributed by atoms with Gasteiger partial charge in [0.2, 0.25) is 0 Å². The van der Waals surface area contributed by atoms with Gasteiger partial charge in [0, 0.05) is 16.1 Å². The zero-order valence-corrected chi connectivity index (χ0v) is 16.4. The van der Waals surface area contributed by atoms with E-state index in [0.29, 0.717) is 16.7 Å². The Morgan fingerprint density at radius 1 is 1.11 bits per heavy atom. The van der Waals surface area contributed by atoms with Gasteiger partial charge in [0.05, 0.1) is 6.04 Å². The molecule has 2 atom stereocenters. The van der Waals surface area contributed by atoms with Gasteiger partial charge >= 0.3 is 6.09 Å². The van der Waals surface area contributed by atoms with E-state index in [2.05, 4.69) is 6.08 Å². The highest BCUT2D eigenvalue weighted by Gasteiger charge is 2.38. The van der Waals surface area contributed by atoms with E-state index < -0.39 is 0 Å². The summed E-state index contributed by atoms with van der Waals surface area (Å²) in [4.78, 5) is 14.7. The molecule has 0 radical (unpaired) electrons. The number of hydrogen-bond donors (Lipinski definition) is 0. The van der Waals surface area contributed by atoms with Gasteiger partial charge < -0.3 is 4.74 Å². The van der Waals surface area contributed by atoms with E-state index in [0.717, 1.165) is 36.8 Å². The highest BCUT2D eigenvalue weighted by atomic mass is 35.5. The van der Waals surface area contributed by atoms with E-state index in [1.54, 1.807) is 6.07 Å². The van der Waals surface area contributed by atoms with E-state index in [1.165, 1.54) is 5.57 Å². The van der Waals surface area contributed by atoms with Gasteiger partial charge in [-0.25, -0.2) is 4.79 Å². The number of carbonyl (C=O) groups is 1. The lowest BCUT2D eigenvalue weighted by Crippen LogP contribution is -2.51. The zero-order valence-electron chi connectivity index (χ0n) is 14.9. The lowest BCUT2D eigenvalue weighted by atomic mass is 9.83. The van der Waals surface area contributed by atoms with Gasteiger partial charge in [-0.3, -0.25) is 4.90 Å². The number of halogens is 2. The molecule has 0 spiro atoms. The van der Waals surface area contributed by atoms with Gasteiger partial charge in [-0.2, -0.15) is 0 Å². The maximum absolute atomic E-state index is 12.8. The van der Waals surface area contributed by atoms with Crippen LogP contribution in [-0.2, 0) is 11.3 Å². The SMILES string of the molecule is O=C(OCc1ccccc1)N1C2C=C(c3ccc(Cl)cc3Cl)CC1CCC2. The second-order valence-corrected chi connectivity index (χ2v) is 7.96. The molecule has 2 aromatic carbocycles. The molecule has 27 heavy (non-hydrogen) atoms. The van der Waals surface area contributed by atoms with Crippen LogP contribution in [0.1, 0.15) is 36.8 Å². The Kier molecular flexibility index (Phi) is 5.42. The molecule has 4 rings (SSSR count). The van der Waals surface area contributed by atoms with Crippen LogP contribution in [0.15, 0.2) is 54.6 Å². The van der Waals surface area contributed by atoms with Crippen LogP contribution in [0, 0.1) is 0 Å². The number of nitrogens with zero attached hydrogens (tertiary/aromatic N) is 1. The van der Waals surface area contributed by atoms with Crippen LogP contribution in [0.4, 0.5) is 4.79 Å². The van der Waals surface area contributed by atoms with Gasteiger partial charge in [0.25, 0.3) is 0 Å². The van der Waals surface area contributed by atoms with Crippen molar-refractivity contribution in [3.05, 3.63) is 75.8 Å². The predicted octanol–water partition coefficient (Wildman–Crippen LogP) is 6.34. The van der Waals surface area contributed by atoms with Gasteiger partial charge in [0.1, 0.15) is 6.61 Å². The minimum Gasteiger partial charge on any atom is -0.445 e. The van der Waals surface area contributed by atoms with E-state index >= 15 is 0 Å². The van der Waals surface area contributed by atoms with Crippen molar-refractivity contribution in [2.45, 2.75) is 44.4 Å². The molecule has 1 fully saturated rings. The molecule has 2 aliphatic rings. The Morgan fingerprint density at radius 3 is 2.67 bits per heavy atom. The minimum atomic E-state index is -0.231. The number of carbonyl (C=O) groups excluding carboxylic acids is 1. The van der Waals surface area contributed by atoms with E-state index in [4.69, 9.17) is 27.9 Å². The highest BCUT2D eigenvalue weighted by molar-refractivity contribution is 6.35. The third-order valence-electron chi connectivity index (χ3n) is 5.33. The maximum atomic E-state index is 12.8. The van der Waals surface area contributed by atoms with Crippen LogP contribution in [0.5, 0.6) is 0 Å². The molecule has 0 saturated carbocycles. The average molecular weight is 402 g/mol. The van der Waals surface area contributed by atoms with Crippen molar-refractivity contribution in [2.24, 2.45) is 0 Å². The van der Waals surface area contributed by atoms with E-state index in [1.807, 2.05) is 47.4 Å². The Bertz CT molecular complexity index is 866. The smallest absolute Gasteiger partial charge is 0.410 e. The van der Waals surface area contributed by atoms with Crippen LogP contribution in [0.25, 0.3) is 5.57 Å². The monoisotopic (exact) mass is 401 g/mol. The van der Waals surface area contributed by atoms with Crippen molar-refractivity contribution in [1.29, 1.82) is 0 Å². The molecule has 0 N–H and O–H groups in total. The van der Waals surface area contributed by atoms with Crippen LogP contribution >= 0.6 is 23.2 Å². The number of benzene rings is 2. The van der Waals surface area contributed by atoms with Crippen molar-refractivity contribution in [1.82, 2.24) is 4.90 Å². The molecular formula is C22H21Cl2NO2. The fraction of sp³-hybridized carbons (Fsp3) is 0.318. The molecule has 0 aromatic heterocycles. The maximum Gasteiger partial charge on any atom is 0.410 e. The van der Waals surface area contributed by atoms with Gasteiger partial charge in [-0.1, -0.05) is 65.7 Å². The summed E-state index contributed by atoms with van der Waals surface area (Å²) < 4.78 is 5.60. The zero-order chi connectivity index (χ0) is 18.8. The first-order chi connectivity index (χ1) is 13.1. The molecule has 5 heteroatoms. The average Bonchev–Trinajstić information content (AvgIpc) is 2.66. The lowest BCUT2D eigenvalue weighted by Gasteiger charge is -2.44. The highest BCUT2D eigenvalue weighted by Crippen LogP contribution is 2.39. The number of ether oxygens (including phenoxy) is 1. The summed E-state index contributed by atoms with van der Waals surface area (Å²) in [5, 5.41) is 1.29. The van der Waals surface area contributed by atoms with Gasteiger partial charge in [-0.15, -0.1) is 0 Å². The van der Waals surface area contributed by atoms with Crippen LogP contribution < -0.4 is 0 Å². The first-order valence-electron chi connectivity index (χ1n) is 9.27. The van der Waals surface area contributed by atoms with Crippen molar-refractivity contribution in [3.63, 3.8) is 0 Å². The molecule has 2 unspecified atom stereocenters. The minimum absolute atomic E-state index is 0.0579. The first kappa shape index (κ1) is 18.4. The summed E-state index contributed by atoms with van der Waals surface area (Å²) >= 11 is 12.4. The Morgan fingerprint density at radius 2 is 1.93 bits per heavy atom. The van der Waals surface area contributed by atoms with Crippen molar-refractivity contribution < 1.29 is 9.53 Å². The van der Waals surface area contributed by atoms with Gasteiger partial charge in [-0.05, 0) is 54.5 Å². The lowest BCUT2D eigenvalue weighted by molar-refractivity contribution is 0.0510. The fourth-order valence-electron chi connectivity index (χ4n) is 4.06. The molecule has 1 saturated heterocycles. The molecule has 2 aliphatic heterocycles. The Labute approximate surface area is 169 Å². The van der Waals surface area contributed by atoms with Crippen LogP contribution in [-0.4, -0.2) is 23.1 Å². The molecule has 0 aliphatic carbocycles. The Balaban J connectivity index is 1.52. The molecule has 3 nitrogen and oxygen atoms in total.